The van der Waals surface area contributed by atoms with Crippen molar-refractivity contribution in [1.82, 2.24) is 0 Å². The van der Waals surface area contributed by atoms with Gasteiger partial charge in [0.05, 0.1) is 10.5 Å². The van der Waals surface area contributed by atoms with E-state index in [1.165, 1.54) is 0 Å². The van der Waals surface area contributed by atoms with Crippen molar-refractivity contribution >= 4 is 67.0 Å². The molecule has 0 bridgehead atoms. The average molecular weight is 288 g/mol. The molecule has 1 aromatic rings. The summed E-state index contributed by atoms with van der Waals surface area (Å²) in [6, 6.07) is 1.87. The molecule has 0 saturated carbocycles. The van der Waals surface area contributed by atoms with Crippen LogP contribution in [0.5, 0.6) is 0 Å². The molecule has 0 fully saturated rings. The van der Waals surface area contributed by atoms with Gasteiger partial charge in [-0.1, -0.05) is 11.6 Å². The van der Waals surface area contributed by atoms with Gasteiger partial charge < -0.3 is 13.1 Å². The van der Waals surface area contributed by atoms with Crippen molar-refractivity contribution < 1.29 is 27.6 Å². The maximum absolute atomic E-state index is 10.8. The average Bonchev–Trinajstić information content (AvgIpc) is 2.15. The van der Waals surface area contributed by atoms with Crippen LogP contribution in [0.2, 0.25) is 5.02 Å². The van der Waals surface area contributed by atoms with Gasteiger partial charge in [0.15, 0.2) is 5.56 Å². The number of nitro groups is 1. The molecule has 0 heterocycles. The molecule has 1 rings (SSSR count). The second-order valence-corrected chi connectivity index (χ2v) is 3.09. The first-order valence-electron chi connectivity index (χ1n) is 3.79. The monoisotopic (exact) mass is 287 g/mol. The third kappa shape index (κ3) is 3.29. The van der Waals surface area contributed by atoms with Gasteiger partial charge in [-0.25, -0.2) is 9.59 Å². The van der Waals surface area contributed by atoms with Gasteiger partial charge in [0.25, 0.3) is 0 Å². The summed E-state index contributed by atoms with van der Waals surface area (Å²) in [6.07, 6.45) is 0. The molecule has 0 aromatic heterocycles. The van der Waals surface area contributed by atoms with Gasteiger partial charge in [-0.15, -0.1) is 0 Å². The van der Waals surface area contributed by atoms with Crippen molar-refractivity contribution in [2.24, 2.45) is 0 Å². The van der Waals surface area contributed by atoms with Gasteiger partial charge >= 0.3 is 55.4 Å². The van der Waals surface area contributed by atoms with E-state index in [0.29, 0.717) is 0 Å². The van der Waals surface area contributed by atoms with E-state index in [1.54, 1.807) is 0 Å². The molecule has 0 unspecified atom stereocenters. The van der Waals surface area contributed by atoms with Gasteiger partial charge in [0.2, 0.25) is 0 Å². The van der Waals surface area contributed by atoms with Gasteiger partial charge in [-0.2, -0.15) is 0 Å². The Bertz CT molecular complexity index is 512. The van der Waals surface area contributed by atoms with Crippen molar-refractivity contribution in [1.29, 1.82) is 0 Å². The molecular formula is C8H6CaClNO6. The van der Waals surface area contributed by atoms with Gasteiger partial charge in [-0.3, -0.25) is 10.1 Å². The van der Waals surface area contributed by atoms with E-state index in [-0.39, 0.29) is 40.6 Å². The maximum atomic E-state index is 10.8. The molecule has 1 aromatic carbocycles. The number of benzene rings is 1. The third-order valence-corrected chi connectivity index (χ3v) is 2.06. The van der Waals surface area contributed by atoms with Crippen molar-refractivity contribution in [3.05, 3.63) is 38.4 Å². The Kier molecular flexibility index (Phi) is 5.83. The van der Waals surface area contributed by atoms with E-state index in [0.717, 1.165) is 12.1 Å². The Morgan fingerprint density at radius 3 is 2.18 bits per heavy atom. The zero-order valence-electron chi connectivity index (χ0n) is 10.2. The standard InChI is InChI=1S/C8H4ClNO6.Ca.2H/c9-4-2-1-3(7(11)12)5(8(13)14)6(4)10(15)16;;;/h1-2H,(H,11,12)(H,13,14);;;/q;+2;2*-1. The van der Waals surface area contributed by atoms with Crippen LogP contribution in [0, 0.1) is 10.1 Å². The predicted octanol–water partition coefficient (Wildman–Crippen LogP) is 1.49. The molecule has 7 nitrogen and oxygen atoms in total. The van der Waals surface area contributed by atoms with Crippen LogP contribution in [0.1, 0.15) is 23.6 Å². The minimum absolute atomic E-state index is 0. The zero-order valence-corrected chi connectivity index (χ0v) is 11.2. The molecule has 0 atom stereocenters. The summed E-state index contributed by atoms with van der Waals surface area (Å²) in [6.45, 7) is 0. The first kappa shape index (κ1) is 16.1. The molecule has 0 saturated heterocycles. The Labute approximate surface area is 132 Å². The molecule has 0 aliphatic rings. The summed E-state index contributed by atoms with van der Waals surface area (Å²) in [5.41, 5.74) is -2.53. The Hall–Kier alpha value is -0.890. The van der Waals surface area contributed by atoms with Crippen LogP contribution in [0.3, 0.4) is 0 Å². The van der Waals surface area contributed by atoms with E-state index in [9.17, 15) is 19.7 Å². The largest absolute Gasteiger partial charge is 2.00 e. The minimum atomic E-state index is -1.72. The van der Waals surface area contributed by atoms with E-state index in [4.69, 9.17) is 21.8 Å². The van der Waals surface area contributed by atoms with Crippen LogP contribution in [0.25, 0.3) is 0 Å². The SMILES string of the molecule is O=C(O)c1ccc(Cl)c([N+](=O)[O-])c1C(=O)O.[Ca+2].[H-].[H-]. The number of carboxylic acids is 2. The molecule has 88 valence electrons. The number of carboxylic acid groups (broad SMARTS) is 2. The third-order valence-electron chi connectivity index (χ3n) is 1.76. The first-order chi connectivity index (χ1) is 7.36. The molecular weight excluding hydrogens is 282 g/mol. The number of hydrogen-bond donors (Lipinski definition) is 2. The normalized spacial score (nSPS) is 9.24. The van der Waals surface area contributed by atoms with Crippen LogP contribution in [-0.4, -0.2) is 64.8 Å². The topological polar surface area (TPSA) is 118 Å². The summed E-state index contributed by atoms with van der Waals surface area (Å²) in [7, 11) is 0. The molecule has 0 aliphatic heterocycles. The van der Waals surface area contributed by atoms with Crippen LogP contribution in [0.4, 0.5) is 5.69 Å². The maximum Gasteiger partial charge on any atom is 2.00 e. The zero-order chi connectivity index (χ0) is 12.5. The predicted molar refractivity (Wildman–Crippen MR) is 60.0 cm³/mol. The Morgan fingerprint density at radius 2 is 1.82 bits per heavy atom. The summed E-state index contributed by atoms with van der Waals surface area (Å²) < 4.78 is 0. The first-order valence-corrected chi connectivity index (χ1v) is 4.17. The molecule has 17 heavy (non-hydrogen) atoms. The Balaban J connectivity index is -0.000000853. The summed E-state index contributed by atoms with van der Waals surface area (Å²) >= 11 is 5.45. The van der Waals surface area contributed by atoms with Crippen LogP contribution >= 0.6 is 11.6 Å². The van der Waals surface area contributed by atoms with Gasteiger partial charge in [0, 0.05) is 0 Å². The van der Waals surface area contributed by atoms with Crippen LogP contribution in [-0.2, 0) is 0 Å². The van der Waals surface area contributed by atoms with Crippen LogP contribution in [0.15, 0.2) is 12.1 Å². The molecule has 9 heteroatoms. The van der Waals surface area contributed by atoms with Gasteiger partial charge in [0.1, 0.15) is 5.02 Å². The fraction of sp³-hybridized carbons (Fsp3) is 0. The minimum Gasteiger partial charge on any atom is -1.00 e. The van der Waals surface area contributed by atoms with Gasteiger partial charge in [-0.05, 0) is 12.1 Å². The number of carbonyl (C=O) groups is 2. The van der Waals surface area contributed by atoms with E-state index >= 15 is 0 Å². The van der Waals surface area contributed by atoms with E-state index in [2.05, 4.69) is 0 Å². The smallest absolute Gasteiger partial charge is 1.00 e. The van der Waals surface area contributed by atoms with Crippen LogP contribution < -0.4 is 0 Å². The van der Waals surface area contributed by atoms with E-state index < -0.39 is 38.7 Å². The number of nitrogens with zero attached hydrogens (tertiary/aromatic N) is 1. The number of aromatic carboxylic acids is 2. The fourth-order valence-corrected chi connectivity index (χ4v) is 1.37. The van der Waals surface area contributed by atoms with Crippen molar-refractivity contribution in [2.45, 2.75) is 0 Å². The number of halogens is 1. The quantitative estimate of drug-likeness (QED) is 0.494. The molecule has 0 amide bonds. The fourth-order valence-electron chi connectivity index (χ4n) is 1.14. The Morgan fingerprint density at radius 1 is 1.29 bits per heavy atom. The second kappa shape index (κ2) is 6.15. The van der Waals surface area contributed by atoms with Crippen molar-refractivity contribution in [3.8, 4) is 0 Å². The molecule has 0 spiro atoms. The number of hydrogen-bond acceptors (Lipinski definition) is 4. The van der Waals surface area contributed by atoms with E-state index in [1.807, 2.05) is 0 Å². The molecule has 2 N–H and O–H groups in total. The molecule has 0 radical (unpaired) electrons. The van der Waals surface area contributed by atoms with Crippen molar-refractivity contribution in [2.75, 3.05) is 0 Å². The number of nitro benzene ring substituents is 1. The summed E-state index contributed by atoms with van der Waals surface area (Å²) in [5, 5.41) is 27.6. The number of rotatable bonds is 3. The summed E-state index contributed by atoms with van der Waals surface area (Å²) in [4.78, 5) is 31.0. The molecule has 0 aliphatic carbocycles. The summed E-state index contributed by atoms with van der Waals surface area (Å²) in [5.74, 6) is -3.29. The second-order valence-electron chi connectivity index (χ2n) is 2.69. The van der Waals surface area contributed by atoms with Crippen molar-refractivity contribution in [3.63, 3.8) is 0 Å².